The van der Waals surface area contributed by atoms with Gasteiger partial charge in [0, 0.05) is 38.3 Å². The monoisotopic (exact) mass is 477 g/mol. The number of hydrogen-bond donors (Lipinski definition) is 2. The van der Waals surface area contributed by atoms with E-state index in [0.29, 0.717) is 30.3 Å². The van der Waals surface area contributed by atoms with Crippen LogP contribution in [0.4, 0.5) is 4.39 Å². The number of carbonyl (C=O) groups excluding carboxylic acids is 2. The molecule has 176 valence electrons. The SMILES string of the molecule is CCC1=C(Cl)N=C(C(=O)N[C@@H]2CCN(C(=O)/C=C/c3ccc(C(=O)O)cc3F)C[C@@H]2OC)C1. The molecule has 2 aliphatic rings. The number of nitrogens with one attached hydrogen (secondary N) is 1. The van der Waals surface area contributed by atoms with Crippen molar-refractivity contribution in [2.75, 3.05) is 20.2 Å². The van der Waals surface area contributed by atoms with E-state index in [-0.39, 0.29) is 35.5 Å². The van der Waals surface area contributed by atoms with Gasteiger partial charge in [-0.05, 0) is 36.6 Å². The summed E-state index contributed by atoms with van der Waals surface area (Å²) in [5.41, 5.74) is 1.22. The van der Waals surface area contributed by atoms with Crippen molar-refractivity contribution in [3.05, 3.63) is 51.9 Å². The van der Waals surface area contributed by atoms with E-state index in [4.69, 9.17) is 21.4 Å². The molecule has 2 N–H and O–H groups in total. The van der Waals surface area contributed by atoms with E-state index in [9.17, 15) is 18.8 Å². The summed E-state index contributed by atoms with van der Waals surface area (Å²) in [5.74, 6) is -2.60. The van der Waals surface area contributed by atoms with E-state index < -0.39 is 17.9 Å². The van der Waals surface area contributed by atoms with E-state index in [0.717, 1.165) is 18.1 Å². The molecule has 8 nitrogen and oxygen atoms in total. The lowest BCUT2D eigenvalue weighted by atomic mass is 10.0. The Hall–Kier alpha value is -3.04. The largest absolute Gasteiger partial charge is 0.478 e. The van der Waals surface area contributed by atoms with E-state index in [2.05, 4.69) is 10.3 Å². The number of ether oxygens (including phenoxy) is 1. The third-order valence-corrected chi connectivity index (χ3v) is 6.09. The van der Waals surface area contributed by atoms with Gasteiger partial charge < -0.3 is 20.1 Å². The maximum atomic E-state index is 14.1. The summed E-state index contributed by atoms with van der Waals surface area (Å²) in [6, 6.07) is 3.18. The summed E-state index contributed by atoms with van der Waals surface area (Å²) in [4.78, 5) is 41.8. The van der Waals surface area contributed by atoms with Crippen molar-refractivity contribution >= 4 is 41.2 Å². The van der Waals surface area contributed by atoms with Crippen molar-refractivity contribution in [2.24, 2.45) is 4.99 Å². The second-order valence-corrected chi connectivity index (χ2v) is 8.14. The summed E-state index contributed by atoms with van der Waals surface area (Å²) in [7, 11) is 1.51. The van der Waals surface area contributed by atoms with Crippen LogP contribution in [-0.4, -0.2) is 65.8 Å². The number of carboxylic acid groups (broad SMARTS) is 1. The zero-order valence-corrected chi connectivity index (χ0v) is 19.1. The van der Waals surface area contributed by atoms with E-state index in [1.807, 2.05) is 6.92 Å². The zero-order chi connectivity index (χ0) is 24.1. The second-order valence-electron chi connectivity index (χ2n) is 7.79. The van der Waals surface area contributed by atoms with E-state index >= 15 is 0 Å². The van der Waals surface area contributed by atoms with Crippen molar-refractivity contribution in [1.82, 2.24) is 10.2 Å². The standard InChI is InChI=1S/C23H25ClFN3O5/c1-3-13-11-18(26-21(13)24)22(30)27-17-8-9-28(12-19(17)33-2)20(29)7-6-14-4-5-15(23(31)32)10-16(14)25/h4-7,10,17,19H,3,8-9,11-12H2,1-2H3,(H,27,30)(H,31,32)/b7-6+/t17-,19+/m1/s1. The van der Waals surface area contributed by atoms with Gasteiger partial charge in [0.05, 0.1) is 17.7 Å². The van der Waals surface area contributed by atoms with Crippen LogP contribution in [0.25, 0.3) is 6.08 Å². The van der Waals surface area contributed by atoms with Gasteiger partial charge in [-0.25, -0.2) is 14.2 Å². The molecule has 10 heteroatoms. The number of rotatable bonds is 7. The van der Waals surface area contributed by atoms with Gasteiger partial charge in [0.15, 0.2) is 0 Å². The van der Waals surface area contributed by atoms with Crippen LogP contribution in [0, 0.1) is 5.82 Å². The van der Waals surface area contributed by atoms with Crippen LogP contribution in [0.15, 0.2) is 40.0 Å². The highest BCUT2D eigenvalue weighted by molar-refractivity contribution is 6.43. The molecule has 1 saturated heterocycles. The molecule has 2 heterocycles. The second kappa shape index (κ2) is 10.7. The molecule has 0 bridgehead atoms. The number of benzene rings is 1. The van der Waals surface area contributed by atoms with Crippen molar-refractivity contribution in [3.8, 4) is 0 Å². The fourth-order valence-electron chi connectivity index (χ4n) is 3.75. The van der Waals surface area contributed by atoms with Crippen LogP contribution < -0.4 is 5.32 Å². The molecular formula is C23H25ClFN3O5. The first-order chi connectivity index (χ1) is 15.7. The molecule has 3 rings (SSSR count). The molecule has 0 saturated carbocycles. The molecule has 1 aromatic rings. The highest BCUT2D eigenvalue weighted by atomic mass is 35.5. The van der Waals surface area contributed by atoms with Gasteiger partial charge >= 0.3 is 5.97 Å². The third kappa shape index (κ3) is 5.85. The molecule has 1 fully saturated rings. The minimum absolute atomic E-state index is 0.106. The number of carboxylic acids is 1. The summed E-state index contributed by atoms with van der Waals surface area (Å²) < 4.78 is 19.6. The molecule has 0 unspecified atom stereocenters. The van der Waals surface area contributed by atoms with Crippen LogP contribution in [0.2, 0.25) is 0 Å². The molecule has 33 heavy (non-hydrogen) atoms. The normalized spacial score (nSPS) is 20.8. The molecule has 1 aromatic carbocycles. The number of nitrogens with zero attached hydrogens (tertiary/aromatic N) is 2. The van der Waals surface area contributed by atoms with Crippen LogP contribution in [-0.2, 0) is 14.3 Å². The van der Waals surface area contributed by atoms with Crippen molar-refractivity contribution in [1.29, 1.82) is 0 Å². The van der Waals surface area contributed by atoms with E-state index in [1.54, 1.807) is 4.90 Å². The highest BCUT2D eigenvalue weighted by Crippen LogP contribution is 2.25. The number of aromatic carboxylic acids is 1. The Bertz CT molecular complexity index is 1050. The zero-order valence-electron chi connectivity index (χ0n) is 18.3. The first-order valence-electron chi connectivity index (χ1n) is 10.5. The highest BCUT2D eigenvalue weighted by Gasteiger charge is 2.33. The maximum absolute atomic E-state index is 14.1. The summed E-state index contributed by atoms with van der Waals surface area (Å²) in [6.07, 6.45) is 3.73. The number of piperidine rings is 1. The Balaban J connectivity index is 1.58. The molecule has 0 aliphatic carbocycles. The predicted octanol–water partition coefficient (Wildman–Crippen LogP) is 2.97. The minimum atomic E-state index is -1.23. The lowest BCUT2D eigenvalue weighted by Gasteiger charge is -2.37. The van der Waals surface area contributed by atoms with Crippen molar-refractivity contribution in [2.45, 2.75) is 38.3 Å². The number of likely N-dealkylation sites (tertiary alicyclic amines) is 1. The molecule has 2 atom stereocenters. The minimum Gasteiger partial charge on any atom is -0.478 e. The van der Waals surface area contributed by atoms with Gasteiger partial charge in [0.2, 0.25) is 5.91 Å². The molecule has 2 aliphatic heterocycles. The van der Waals surface area contributed by atoms with Gasteiger partial charge in [-0.2, -0.15) is 0 Å². The first-order valence-corrected chi connectivity index (χ1v) is 10.9. The smallest absolute Gasteiger partial charge is 0.335 e. The summed E-state index contributed by atoms with van der Waals surface area (Å²) in [6.45, 7) is 2.58. The topological polar surface area (TPSA) is 108 Å². The molecule has 0 radical (unpaired) electrons. The average molecular weight is 478 g/mol. The van der Waals surface area contributed by atoms with Crippen LogP contribution in [0.3, 0.4) is 0 Å². The van der Waals surface area contributed by atoms with Gasteiger partial charge in [0.25, 0.3) is 5.91 Å². The van der Waals surface area contributed by atoms with Gasteiger partial charge in [0.1, 0.15) is 16.7 Å². The van der Waals surface area contributed by atoms with Gasteiger partial charge in [-0.3, -0.25) is 9.59 Å². The predicted molar refractivity (Wildman–Crippen MR) is 122 cm³/mol. The van der Waals surface area contributed by atoms with Crippen LogP contribution in [0.5, 0.6) is 0 Å². The average Bonchev–Trinajstić information content (AvgIpc) is 3.18. The number of amides is 2. The van der Waals surface area contributed by atoms with Crippen LogP contribution >= 0.6 is 11.6 Å². The Morgan fingerprint density at radius 2 is 2.15 bits per heavy atom. The Labute approximate surface area is 195 Å². The van der Waals surface area contributed by atoms with E-state index in [1.165, 1.54) is 31.4 Å². The fourth-order valence-corrected chi connectivity index (χ4v) is 4.05. The van der Waals surface area contributed by atoms with Crippen molar-refractivity contribution < 1.29 is 28.6 Å². The molecule has 2 amide bonds. The first kappa shape index (κ1) is 24.6. The van der Waals surface area contributed by atoms with Gasteiger partial charge in [-0.1, -0.05) is 24.6 Å². The Morgan fingerprint density at radius 3 is 2.76 bits per heavy atom. The molecular weight excluding hydrogens is 453 g/mol. The third-order valence-electron chi connectivity index (χ3n) is 5.74. The summed E-state index contributed by atoms with van der Waals surface area (Å²) in [5, 5.41) is 12.2. The molecule has 0 aromatic heterocycles. The molecule has 0 spiro atoms. The fraction of sp³-hybridized carbons (Fsp3) is 0.391. The van der Waals surface area contributed by atoms with Crippen molar-refractivity contribution in [3.63, 3.8) is 0 Å². The quantitative estimate of drug-likeness (QED) is 0.463. The number of allylic oxidation sites excluding steroid dienone is 1. The number of aliphatic imine (C=N–C) groups is 1. The number of hydrogen-bond acceptors (Lipinski definition) is 5. The number of carbonyl (C=O) groups is 3. The number of methoxy groups -OCH3 is 1. The maximum Gasteiger partial charge on any atom is 0.335 e. The van der Waals surface area contributed by atoms with Crippen LogP contribution in [0.1, 0.15) is 42.1 Å². The Morgan fingerprint density at radius 1 is 1.39 bits per heavy atom. The number of halogens is 2. The van der Waals surface area contributed by atoms with Gasteiger partial charge in [-0.15, -0.1) is 0 Å². The summed E-state index contributed by atoms with van der Waals surface area (Å²) >= 11 is 6.06. The lowest BCUT2D eigenvalue weighted by Crippen LogP contribution is -2.56. The lowest BCUT2D eigenvalue weighted by molar-refractivity contribution is -0.130. The Kier molecular flexibility index (Phi) is 7.99.